The Hall–Kier alpha value is -1.13. The Bertz CT molecular complexity index is 400. The molecular weight excluding hydrogens is 232 g/mol. The van der Waals surface area contributed by atoms with Crippen LogP contribution in [0.5, 0.6) is 0 Å². The Labute approximate surface area is 106 Å². The number of amides is 1. The smallest absolute Gasteiger partial charge is 0.229 e. The number of likely N-dealkylation sites (N-methyl/N-ethyl adjacent to an activating group) is 1. The van der Waals surface area contributed by atoms with E-state index in [1.165, 1.54) is 4.88 Å². The lowest BCUT2D eigenvalue weighted by Gasteiger charge is -2.20. The van der Waals surface area contributed by atoms with Crippen molar-refractivity contribution >= 4 is 17.2 Å². The van der Waals surface area contributed by atoms with Crippen molar-refractivity contribution in [2.45, 2.75) is 18.9 Å². The molecule has 1 aliphatic carbocycles. The van der Waals surface area contributed by atoms with E-state index in [0.29, 0.717) is 0 Å². The van der Waals surface area contributed by atoms with Gasteiger partial charge in [-0.05, 0) is 24.3 Å². The lowest BCUT2D eigenvalue weighted by Crippen LogP contribution is -2.34. The molecule has 0 spiro atoms. The second-order valence-electron chi connectivity index (χ2n) is 4.48. The minimum atomic E-state index is -0.0154. The largest absolute Gasteiger partial charge is 0.345 e. The first kappa shape index (κ1) is 12.3. The number of thiophene rings is 1. The van der Waals surface area contributed by atoms with Crippen LogP contribution in [0.1, 0.15) is 11.3 Å². The Morgan fingerprint density at radius 1 is 1.59 bits per heavy atom. The number of carbonyl (C=O) groups is 1. The summed E-state index contributed by atoms with van der Waals surface area (Å²) < 4.78 is 0. The molecule has 2 atom stereocenters. The van der Waals surface area contributed by atoms with Gasteiger partial charge in [0.15, 0.2) is 0 Å². The van der Waals surface area contributed by atoms with Crippen LogP contribution >= 0.6 is 11.3 Å². The molecule has 1 aromatic rings. The van der Waals surface area contributed by atoms with Gasteiger partial charge in [0.2, 0.25) is 5.91 Å². The monoisotopic (exact) mass is 250 g/mol. The van der Waals surface area contributed by atoms with E-state index in [9.17, 15) is 4.79 Å². The van der Waals surface area contributed by atoms with Crippen molar-refractivity contribution in [3.8, 4) is 0 Å². The zero-order valence-corrected chi connectivity index (χ0v) is 10.8. The number of nitrogens with zero attached hydrogens (tertiary/aromatic N) is 1. The van der Waals surface area contributed by atoms with E-state index >= 15 is 0 Å². The first-order valence-electron chi connectivity index (χ1n) is 5.88. The van der Waals surface area contributed by atoms with Gasteiger partial charge >= 0.3 is 0 Å². The summed E-state index contributed by atoms with van der Waals surface area (Å²) in [7, 11) is 1.87. The van der Waals surface area contributed by atoms with Crippen LogP contribution in [0.4, 0.5) is 0 Å². The van der Waals surface area contributed by atoms with E-state index < -0.39 is 0 Å². The predicted octanol–water partition coefficient (Wildman–Crippen LogP) is 1.65. The minimum absolute atomic E-state index is 0.0154. The van der Waals surface area contributed by atoms with Gasteiger partial charge < -0.3 is 10.6 Å². The fraction of sp³-hybridized carbons (Fsp3) is 0.462. The molecule has 0 bridgehead atoms. The summed E-state index contributed by atoms with van der Waals surface area (Å²) in [6.07, 6.45) is 5.55. The third kappa shape index (κ3) is 3.17. The zero-order chi connectivity index (χ0) is 12.3. The van der Waals surface area contributed by atoms with E-state index in [2.05, 4.69) is 11.4 Å². The third-order valence-electron chi connectivity index (χ3n) is 3.08. The molecule has 1 heterocycles. The molecule has 0 fully saturated rings. The molecule has 0 radical (unpaired) electrons. The van der Waals surface area contributed by atoms with Gasteiger partial charge in [-0.15, -0.1) is 11.3 Å². The van der Waals surface area contributed by atoms with Gasteiger partial charge in [0.1, 0.15) is 0 Å². The molecule has 0 aromatic carbocycles. The molecule has 1 aromatic heterocycles. The van der Waals surface area contributed by atoms with Crippen molar-refractivity contribution in [3.05, 3.63) is 34.5 Å². The minimum Gasteiger partial charge on any atom is -0.345 e. The first-order valence-corrected chi connectivity index (χ1v) is 6.76. The maximum atomic E-state index is 12.1. The lowest BCUT2D eigenvalue weighted by atomic mass is 10.1. The van der Waals surface area contributed by atoms with Crippen LogP contribution in [-0.2, 0) is 11.2 Å². The van der Waals surface area contributed by atoms with Crippen LogP contribution in [-0.4, -0.2) is 30.4 Å². The molecule has 4 heteroatoms. The summed E-state index contributed by atoms with van der Waals surface area (Å²) >= 11 is 1.74. The molecule has 2 unspecified atom stereocenters. The van der Waals surface area contributed by atoms with Crippen LogP contribution in [0.3, 0.4) is 0 Å². The van der Waals surface area contributed by atoms with Crippen molar-refractivity contribution in [1.82, 2.24) is 4.90 Å². The Kier molecular flexibility index (Phi) is 3.97. The van der Waals surface area contributed by atoms with Crippen LogP contribution in [0.15, 0.2) is 29.7 Å². The molecule has 1 aliphatic rings. The van der Waals surface area contributed by atoms with Gasteiger partial charge in [-0.1, -0.05) is 18.2 Å². The van der Waals surface area contributed by atoms with Crippen molar-refractivity contribution < 1.29 is 4.79 Å². The fourth-order valence-electron chi connectivity index (χ4n) is 2.04. The van der Waals surface area contributed by atoms with Crippen molar-refractivity contribution in [3.63, 3.8) is 0 Å². The Morgan fingerprint density at radius 3 is 3.00 bits per heavy atom. The summed E-state index contributed by atoms with van der Waals surface area (Å²) in [5.74, 6) is 0.170. The molecule has 2 rings (SSSR count). The van der Waals surface area contributed by atoms with Gasteiger partial charge in [-0.25, -0.2) is 0 Å². The molecule has 1 amide bonds. The highest BCUT2D eigenvalue weighted by molar-refractivity contribution is 7.09. The van der Waals surface area contributed by atoms with E-state index in [0.717, 1.165) is 19.4 Å². The zero-order valence-electron chi connectivity index (χ0n) is 10.0. The second-order valence-corrected chi connectivity index (χ2v) is 5.51. The average Bonchev–Trinajstić information content (AvgIpc) is 2.95. The predicted molar refractivity (Wildman–Crippen MR) is 70.9 cm³/mol. The van der Waals surface area contributed by atoms with Crippen LogP contribution in [0.2, 0.25) is 0 Å². The molecule has 2 N–H and O–H groups in total. The quantitative estimate of drug-likeness (QED) is 0.826. The van der Waals surface area contributed by atoms with Crippen molar-refractivity contribution in [1.29, 1.82) is 0 Å². The van der Waals surface area contributed by atoms with Gasteiger partial charge in [0.25, 0.3) is 0 Å². The fourth-order valence-corrected chi connectivity index (χ4v) is 2.73. The number of hydrogen-bond acceptors (Lipinski definition) is 3. The highest BCUT2D eigenvalue weighted by Gasteiger charge is 2.25. The normalized spacial score (nSPS) is 22.9. The summed E-state index contributed by atoms with van der Waals surface area (Å²) in [5.41, 5.74) is 5.76. The first-order chi connectivity index (χ1) is 8.16. The van der Waals surface area contributed by atoms with Crippen molar-refractivity contribution in [2.75, 3.05) is 13.6 Å². The summed E-state index contributed by atoms with van der Waals surface area (Å²) in [4.78, 5) is 15.2. The topological polar surface area (TPSA) is 46.3 Å². The maximum Gasteiger partial charge on any atom is 0.229 e. The number of nitrogens with two attached hydrogens (primary N) is 1. The second kappa shape index (κ2) is 5.47. The molecule has 3 nitrogen and oxygen atoms in total. The molecule has 0 aliphatic heterocycles. The van der Waals surface area contributed by atoms with Crippen molar-refractivity contribution in [2.24, 2.45) is 11.7 Å². The average molecular weight is 250 g/mol. The van der Waals surface area contributed by atoms with E-state index in [1.807, 2.05) is 30.2 Å². The van der Waals surface area contributed by atoms with Crippen LogP contribution in [0.25, 0.3) is 0 Å². The Morgan fingerprint density at radius 2 is 2.41 bits per heavy atom. The van der Waals surface area contributed by atoms with E-state index in [4.69, 9.17) is 5.73 Å². The molecule has 0 saturated carbocycles. The summed E-state index contributed by atoms with van der Waals surface area (Å²) in [6, 6.07) is 4.20. The number of hydrogen-bond donors (Lipinski definition) is 1. The third-order valence-corrected chi connectivity index (χ3v) is 4.02. The van der Waals surface area contributed by atoms with Crippen LogP contribution < -0.4 is 5.73 Å². The maximum absolute atomic E-state index is 12.1. The molecular formula is C13H18N2OS. The van der Waals surface area contributed by atoms with Gasteiger partial charge in [-0.3, -0.25) is 4.79 Å². The standard InChI is InChI=1S/C13H18N2OS/c1-15(7-6-12-3-2-8-17-12)13(16)10-4-5-11(14)9-10/h2-5,8,10-11H,6-7,9,14H2,1H3. The molecule has 0 saturated heterocycles. The Balaban J connectivity index is 1.81. The van der Waals surface area contributed by atoms with Gasteiger partial charge in [-0.2, -0.15) is 0 Å². The van der Waals surface area contributed by atoms with E-state index in [1.54, 1.807) is 11.3 Å². The molecule has 92 valence electrons. The van der Waals surface area contributed by atoms with Gasteiger partial charge in [0, 0.05) is 24.5 Å². The molecule has 17 heavy (non-hydrogen) atoms. The van der Waals surface area contributed by atoms with E-state index in [-0.39, 0.29) is 17.9 Å². The highest BCUT2D eigenvalue weighted by Crippen LogP contribution is 2.19. The van der Waals surface area contributed by atoms with Crippen LogP contribution in [0, 0.1) is 5.92 Å². The SMILES string of the molecule is CN(CCc1cccs1)C(=O)C1C=CC(N)C1. The summed E-state index contributed by atoms with van der Waals surface area (Å²) in [5, 5.41) is 2.07. The lowest BCUT2D eigenvalue weighted by molar-refractivity contribution is -0.132. The number of rotatable bonds is 4. The van der Waals surface area contributed by atoms with Gasteiger partial charge in [0.05, 0.1) is 5.92 Å². The number of carbonyl (C=O) groups excluding carboxylic acids is 1. The highest BCUT2D eigenvalue weighted by atomic mass is 32.1. The summed E-state index contributed by atoms with van der Waals surface area (Å²) in [6.45, 7) is 0.777.